The molecule has 0 N–H and O–H groups in total. The van der Waals surface area contributed by atoms with Gasteiger partial charge in [-0.1, -0.05) is 25.1 Å². The second kappa shape index (κ2) is 7.77. The summed E-state index contributed by atoms with van der Waals surface area (Å²) in [5.74, 6) is 0.258. The maximum absolute atomic E-state index is 9.20. The molecule has 0 saturated heterocycles. The van der Waals surface area contributed by atoms with E-state index < -0.39 is 0 Å². The van der Waals surface area contributed by atoms with E-state index in [0.29, 0.717) is 0 Å². The molecule has 4 aromatic rings. The molecular weight excluding hydrogens is 390 g/mol. The van der Waals surface area contributed by atoms with E-state index in [9.17, 15) is 5.26 Å². The average Bonchev–Trinajstić information content (AvgIpc) is 3.50. The fourth-order valence-electron chi connectivity index (χ4n) is 3.94. The number of hydrogen-bond acceptors (Lipinski definition) is 5. The second-order valence-corrected chi connectivity index (χ2v) is 8.62. The third-order valence-corrected chi connectivity index (χ3v) is 6.94. The quantitative estimate of drug-likeness (QED) is 0.478. The van der Waals surface area contributed by atoms with Crippen molar-refractivity contribution in [3.8, 4) is 11.8 Å². The van der Waals surface area contributed by atoms with Crippen molar-refractivity contribution >= 4 is 16.5 Å². The Morgan fingerprint density at radius 1 is 1.13 bits per heavy atom. The number of benzene rings is 2. The molecule has 2 aromatic carbocycles. The molecule has 30 heavy (non-hydrogen) atoms. The minimum absolute atomic E-state index is 0.258. The predicted octanol–water partition coefficient (Wildman–Crippen LogP) is 4.91. The molecule has 0 radical (unpaired) electrons. The van der Waals surface area contributed by atoms with Crippen molar-refractivity contribution in [1.29, 1.82) is 5.26 Å². The summed E-state index contributed by atoms with van der Waals surface area (Å²) in [5, 5.41) is 14.6. The molecule has 3 heterocycles. The lowest BCUT2D eigenvalue weighted by atomic mass is 9.98. The summed E-state index contributed by atoms with van der Waals surface area (Å²) in [7, 11) is 0. The van der Waals surface area contributed by atoms with Crippen LogP contribution < -0.4 is 4.90 Å². The van der Waals surface area contributed by atoms with Gasteiger partial charge in [0.15, 0.2) is 5.13 Å². The van der Waals surface area contributed by atoms with Gasteiger partial charge in [-0.05, 0) is 53.4 Å². The average molecular weight is 412 g/mol. The zero-order valence-corrected chi connectivity index (χ0v) is 17.5. The number of aromatic nitrogens is 3. The molecule has 1 aliphatic heterocycles. The van der Waals surface area contributed by atoms with Crippen LogP contribution in [0.4, 0.5) is 5.13 Å². The van der Waals surface area contributed by atoms with Crippen LogP contribution in [-0.4, -0.2) is 21.3 Å². The molecule has 0 aliphatic carbocycles. The van der Waals surface area contributed by atoms with Gasteiger partial charge >= 0.3 is 0 Å². The Kier molecular flexibility index (Phi) is 4.82. The van der Waals surface area contributed by atoms with Crippen LogP contribution in [0.2, 0.25) is 0 Å². The summed E-state index contributed by atoms with van der Waals surface area (Å²) < 4.78 is 1.88. The van der Waals surface area contributed by atoms with Gasteiger partial charge in [0.2, 0.25) is 0 Å². The summed E-state index contributed by atoms with van der Waals surface area (Å²) >= 11 is 1.76. The highest BCUT2D eigenvalue weighted by Gasteiger charge is 2.21. The summed E-state index contributed by atoms with van der Waals surface area (Å²) in [4.78, 5) is 8.31. The largest absolute Gasteiger partial charge is 0.343 e. The number of anilines is 1. The van der Waals surface area contributed by atoms with Crippen LogP contribution in [0.3, 0.4) is 0 Å². The van der Waals surface area contributed by atoms with Crippen LogP contribution in [0.25, 0.3) is 5.69 Å². The molecule has 5 rings (SSSR count). The Morgan fingerprint density at radius 2 is 2.07 bits per heavy atom. The van der Waals surface area contributed by atoms with Gasteiger partial charge < -0.3 is 4.90 Å². The Labute approximate surface area is 179 Å². The summed E-state index contributed by atoms with van der Waals surface area (Å²) in [6.07, 6.45) is 6.74. The SMILES string of the molecule is CC(c1cccc(-n2cccn2)c1)c1cnc(N2CCc3ccc(C#N)cc3C2)s1. The molecule has 0 bridgehead atoms. The van der Waals surface area contributed by atoms with Crippen molar-refractivity contribution in [1.82, 2.24) is 14.8 Å². The minimum atomic E-state index is 0.258. The highest BCUT2D eigenvalue weighted by molar-refractivity contribution is 7.15. The lowest BCUT2D eigenvalue weighted by molar-refractivity contribution is 0.728. The number of hydrogen-bond donors (Lipinski definition) is 0. The van der Waals surface area contributed by atoms with E-state index in [2.05, 4.69) is 53.3 Å². The minimum Gasteiger partial charge on any atom is -0.343 e. The van der Waals surface area contributed by atoms with E-state index in [1.54, 1.807) is 17.5 Å². The molecule has 0 amide bonds. The van der Waals surface area contributed by atoms with E-state index in [1.165, 1.54) is 21.6 Å². The van der Waals surface area contributed by atoms with Crippen molar-refractivity contribution < 1.29 is 0 Å². The number of nitrogens with zero attached hydrogens (tertiary/aromatic N) is 5. The summed E-state index contributed by atoms with van der Waals surface area (Å²) in [6.45, 7) is 3.99. The van der Waals surface area contributed by atoms with Gasteiger partial charge in [-0.2, -0.15) is 10.4 Å². The van der Waals surface area contributed by atoms with Crippen LogP contribution in [0, 0.1) is 11.3 Å². The van der Waals surface area contributed by atoms with Crippen molar-refractivity contribution in [3.05, 3.63) is 94.3 Å². The number of fused-ring (bicyclic) bond motifs is 1. The van der Waals surface area contributed by atoms with Crippen molar-refractivity contribution in [2.24, 2.45) is 0 Å². The van der Waals surface area contributed by atoms with Crippen LogP contribution in [0.5, 0.6) is 0 Å². The van der Waals surface area contributed by atoms with Gasteiger partial charge in [-0.25, -0.2) is 9.67 Å². The first-order valence-electron chi connectivity index (χ1n) is 10.0. The van der Waals surface area contributed by atoms with Crippen molar-refractivity contribution in [3.63, 3.8) is 0 Å². The van der Waals surface area contributed by atoms with Crippen LogP contribution >= 0.6 is 11.3 Å². The highest BCUT2D eigenvalue weighted by Crippen LogP contribution is 2.35. The second-order valence-electron chi connectivity index (χ2n) is 7.58. The van der Waals surface area contributed by atoms with E-state index in [-0.39, 0.29) is 5.92 Å². The topological polar surface area (TPSA) is 57.7 Å². The van der Waals surface area contributed by atoms with Gasteiger partial charge in [0.25, 0.3) is 0 Å². The number of thiazole rings is 1. The third-order valence-electron chi connectivity index (χ3n) is 5.70. The fraction of sp³-hybridized carbons (Fsp3) is 0.208. The number of nitriles is 1. The first-order valence-corrected chi connectivity index (χ1v) is 10.9. The Balaban J connectivity index is 1.37. The molecular formula is C24H21N5S. The van der Waals surface area contributed by atoms with Gasteiger partial charge in [0.05, 0.1) is 17.3 Å². The monoisotopic (exact) mass is 411 g/mol. The maximum atomic E-state index is 9.20. The molecule has 2 aromatic heterocycles. The predicted molar refractivity (Wildman–Crippen MR) is 119 cm³/mol. The Bertz CT molecular complexity index is 1220. The third kappa shape index (κ3) is 3.49. The van der Waals surface area contributed by atoms with Crippen LogP contribution in [0.15, 0.2) is 67.1 Å². The van der Waals surface area contributed by atoms with Gasteiger partial charge in [0, 0.05) is 42.5 Å². The van der Waals surface area contributed by atoms with Crippen LogP contribution in [0.1, 0.15) is 40.0 Å². The van der Waals surface area contributed by atoms with Gasteiger partial charge in [0.1, 0.15) is 0 Å². The van der Waals surface area contributed by atoms with Gasteiger partial charge in [-0.3, -0.25) is 0 Å². The molecule has 5 nitrogen and oxygen atoms in total. The maximum Gasteiger partial charge on any atom is 0.185 e. The summed E-state index contributed by atoms with van der Waals surface area (Å²) in [5.41, 5.74) is 5.61. The Hall–Kier alpha value is -3.43. The van der Waals surface area contributed by atoms with E-state index in [4.69, 9.17) is 4.98 Å². The van der Waals surface area contributed by atoms with Crippen molar-refractivity contribution in [2.75, 3.05) is 11.4 Å². The van der Waals surface area contributed by atoms with Crippen molar-refractivity contribution in [2.45, 2.75) is 25.8 Å². The molecule has 6 heteroatoms. The molecule has 1 unspecified atom stereocenters. The standard InChI is InChI=1S/C24H21N5S/c1-17(20-4-2-5-22(13-20)29-10-3-9-27-29)23-15-26-24(30-23)28-11-8-19-7-6-18(14-25)12-21(19)16-28/h2-7,9-10,12-13,15,17H,8,11,16H2,1H3. The lowest BCUT2D eigenvalue weighted by Crippen LogP contribution is -2.30. The molecule has 148 valence electrons. The zero-order chi connectivity index (χ0) is 20.5. The molecule has 0 saturated carbocycles. The molecule has 1 aliphatic rings. The Morgan fingerprint density at radius 3 is 2.90 bits per heavy atom. The van der Waals surface area contributed by atoms with E-state index >= 15 is 0 Å². The number of rotatable bonds is 4. The first kappa shape index (κ1) is 18.6. The van der Waals surface area contributed by atoms with E-state index in [1.807, 2.05) is 35.3 Å². The van der Waals surface area contributed by atoms with Gasteiger partial charge in [-0.15, -0.1) is 11.3 Å². The zero-order valence-electron chi connectivity index (χ0n) is 16.7. The highest BCUT2D eigenvalue weighted by atomic mass is 32.1. The molecule has 1 atom stereocenters. The van der Waals surface area contributed by atoms with Crippen LogP contribution in [-0.2, 0) is 13.0 Å². The molecule has 0 spiro atoms. The lowest BCUT2D eigenvalue weighted by Gasteiger charge is -2.28. The fourth-order valence-corrected chi connectivity index (χ4v) is 4.96. The normalized spacial score (nSPS) is 14.2. The first-order chi connectivity index (χ1) is 14.7. The summed E-state index contributed by atoms with van der Waals surface area (Å²) in [6, 6.07) is 18.7. The van der Waals surface area contributed by atoms with E-state index in [0.717, 1.165) is 35.9 Å². The molecule has 0 fully saturated rings. The smallest absolute Gasteiger partial charge is 0.185 e.